The van der Waals surface area contributed by atoms with Gasteiger partial charge in [-0.3, -0.25) is 0 Å². The molecule has 0 bridgehead atoms. The molecule has 0 radical (unpaired) electrons. The number of carbonyl (C=O) groups excluding carboxylic acids is 1. The number of halogens is 1. The summed E-state index contributed by atoms with van der Waals surface area (Å²) in [5, 5.41) is 4.06. The van der Waals surface area contributed by atoms with Gasteiger partial charge in [-0.1, -0.05) is 23.7 Å². The molecule has 0 aliphatic heterocycles. The third-order valence-electron chi connectivity index (χ3n) is 3.62. The number of para-hydroxylation sites is 2. The van der Waals surface area contributed by atoms with Crippen LogP contribution < -0.4 is 5.32 Å². The number of esters is 1. The SMILES string of the molecule is CCOC(=O)c1c(Nc2nc3ccccc3nc2Cl)sc(C)c1C. The van der Waals surface area contributed by atoms with Crippen molar-refractivity contribution < 1.29 is 9.53 Å². The monoisotopic (exact) mass is 361 g/mol. The highest BCUT2D eigenvalue weighted by Gasteiger charge is 2.22. The Bertz CT molecular complexity index is 924. The van der Waals surface area contributed by atoms with Gasteiger partial charge in [0.1, 0.15) is 5.00 Å². The molecule has 0 amide bonds. The first kappa shape index (κ1) is 16.7. The van der Waals surface area contributed by atoms with Gasteiger partial charge in [-0.05, 0) is 38.5 Å². The summed E-state index contributed by atoms with van der Waals surface area (Å²) in [6, 6.07) is 7.48. The van der Waals surface area contributed by atoms with E-state index in [0.717, 1.165) is 21.5 Å². The molecule has 24 heavy (non-hydrogen) atoms. The van der Waals surface area contributed by atoms with Crippen molar-refractivity contribution in [2.45, 2.75) is 20.8 Å². The van der Waals surface area contributed by atoms with Crippen LogP contribution in [0.5, 0.6) is 0 Å². The second-order valence-electron chi connectivity index (χ2n) is 5.18. The standard InChI is InChI=1S/C17H16ClN3O2S/c1-4-23-17(22)13-9(2)10(3)24-16(13)21-15-14(18)19-11-7-5-6-8-12(11)20-15/h5-8H,4H2,1-3H3,(H,20,21). The van der Waals surface area contributed by atoms with Crippen molar-refractivity contribution in [3.63, 3.8) is 0 Å². The van der Waals surface area contributed by atoms with Crippen molar-refractivity contribution in [2.75, 3.05) is 11.9 Å². The third-order valence-corrected chi connectivity index (χ3v) is 5.01. The highest BCUT2D eigenvalue weighted by molar-refractivity contribution is 7.16. The number of aryl methyl sites for hydroxylation is 1. The van der Waals surface area contributed by atoms with E-state index in [9.17, 15) is 4.79 Å². The molecule has 3 aromatic rings. The molecule has 0 saturated heterocycles. The van der Waals surface area contributed by atoms with Crippen LogP contribution in [0.2, 0.25) is 5.15 Å². The summed E-state index contributed by atoms with van der Waals surface area (Å²) >= 11 is 7.71. The molecule has 5 nitrogen and oxygen atoms in total. The zero-order valence-electron chi connectivity index (χ0n) is 13.5. The molecule has 3 rings (SSSR count). The molecule has 0 saturated carbocycles. The zero-order valence-corrected chi connectivity index (χ0v) is 15.1. The lowest BCUT2D eigenvalue weighted by Crippen LogP contribution is -2.08. The molecular formula is C17H16ClN3O2S. The van der Waals surface area contributed by atoms with Gasteiger partial charge in [0, 0.05) is 4.88 Å². The maximum Gasteiger partial charge on any atom is 0.341 e. The lowest BCUT2D eigenvalue weighted by Gasteiger charge is -2.09. The van der Waals surface area contributed by atoms with E-state index in [1.807, 2.05) is 38.1 Å². The Hall–Kier alpha value is -2.18. The molecule has 2 heterocycles. The number of aromatic nitrogens is 2. The minimum absolute atomic E-state index is 0.257. The third kappa shape index (κ3) is 3.07. The van der Waals surface area contributed by atoms with E-state index >= 15 is 0 Å². The van der Waals surface area contributed by atoms with Gasteiger partial charge >= 0.3 is 5.97 Å². The van der Waals surface area contributed by atoms with Crippen molar-refractivity contribution >= 4 is 50.8 Å². The molecule has 2 aromatic heterocycles. The summed E-state index contributed by atoms with van der Waals surface area (Å²) in [5.41, 5.74) is 2.86. The van der Waals surface area contributed by atoms with Crippen LogP contribution in [0, 0.1) is 13.8 Å². The van der Waals surface area contributed by atoms with Crippen molar-refractivity contribution in [1.29, 1.82) is 0 Å². The normalized spacial score (nSPS) is 10.8. The average molecular weight is 362 g/mol. The van der Waals surface area contributed by atoms with Crippen LogP contribution in [0.15, 0.2) is 24.3 Å². The van der Waals surface area contributed by atoms with Gasteiger partial charge in [0.05, 0.1) is 23.2 Å². The van der Waals surface area contributed by atoms with Crippen LogP contribution in [-0.2, 0) is 4.74 Å². The molecule has 0 aliphatic rings. The summed E-state index contributed by atoms with van der Waals surface area (Å²) in [6.45, 7) is 5.97. The van der Waals surface area contributed by atoms with Crippen LogP contribution in [-0.4, -0.2) is 22.5 Å². The number of benzene rings is 1. The number of anilines is 2. The molecule has 0 aliphatic carbocycles. The summed E-state index contributed by atoms with van der Waals surface area (Å²) in [7, 11) is 0. The van der Waals surface area contributed by atoms with Gasteiger partial charge in [-0.2, -0.15) is 0 Å². The highest BCUT2D eigenvalue weighted by Crippen LogP contribution is 2.36. The van der Waals surface area contributed by atoms with E-state index in [4.69, 9.17) is 16.3 Å². The smallest absolute Gasteiger partial charge is 0.341 e. The lowest BCUT2D eigenvalue weighted by molar-refractivity contribution is 0.0527. The molecule has 0 fully saturated rings. The van der Waals surface area contributed by atoms with Crippen LogP contribution in [0.3, 0.4) is 0 Å². The molecule has 124 valence electrons. The fourth-order valence-corrected chi connectivity index (χ4v) is 3.56. The molecular weight excluding hydrogens is 346 g/mol. The summed E-state index contributed by atoms with van der Waals surface area (Å²) < 4.78 is 5.16. The molecule has 1 aromatic carbocycles. The second kappa shape index (κ2) is 6.75. The predicted octanol–water partition coefficient (Wildman–Crippen LogP) is 4.88. The number of nitrogens with one attached hydrogen (secondary N) is 1. The quantitative estimate of drug-likeness (QED) is 0.671. The summed E-state index contributed by atoms with van der Waals surface area (Å²) in [6.07, 6.45) is 0. The summed E-state index contributed by atoms with van der Waals surface area (Å²) in [5.74, 6) is 0.0638. The predicted molar refractivity (Wildman–Crippen MR) is 97.6 cm³/mol. The van der Waals surface area contributed by atoms with Crippen molar-refractivity contribution in [3.8, 4) is 0 Å². The number of hydrogen-bond donors (Lipinski definition) is 1. The number of thiophene rings is 1. The number of carbonyl (C=O) groups is 1. The largest absolute Gasteiger partial charge is 0.462 e. The Labute approximate surface area is 148 Å². The Balaban J connectivity index is 2.04. The van der Waals surface area contributed by atoms with Crippen molar-refractivity contribution in [3.05, 3.63) is 45.4 Å². The highest BCUT2D eigenvalue weighted by atomic mass is 35.5. The minimum Gasteiger partial charge on any atom is -0.462 e. The fraction of sp³-hybridized carbons (Fsp3) is 0.235. The van der Waals surface area contributed by atoms with E-state index in [1.54, 1.807) is 6.92 Å². The van der Waals surface area contributed by atoms with E-state index < -0.39 is 0 Å². The second-order valence-corrected chi connectivity index (χ2v) is 6.77. The van der Waals surface area contributed by atoms with Gasteiger partial charge in [0.25, 0.3) is 0 Å². The Morgan fingerprint density at radius 3 is 2.58 bits per heavy atom. The van der Waals surface area contributed by atoms with Gasteiger partial charge in [0.15, 0.2) is 11.0 Å². The Morgan fingerprint density at radius 2 is 1.92 bits per heavy atom. The van der Waals surface area contributed by atoms with E-state index in [2.05, 4.69) is 15.3 Å². The Kier molecular flexibility index (Phi) is 4.69. The number of rotatable bonds is 4. The van der Waals surface area contributed by atoms with Gasteiger partial charge in [0.2, 0.25) is 0 Å². The minimum atomic E-state index is -0.355. The van der Waals surface area contributed by atoms with Crippen molar-refractivity contribution in [2.24, 2.45) is 0 Å². The molecule has 1 N–H and O–H groups in total. The number of nitrogens with zero attached hydrogens (tertiary/aromatic N) is 2. The first-order valence-electron chi connectivity index (χ1n) is 7.47. The summed E-state index contributed by atoms with van der Waals surface area (Å²) in [4.78, 5) is 22.1. The van der Waals surface area contributed by atoms with Gasteiger partial charge < -0.3 is 10.1 Å². The van der Waals surface area contributed by atoms with Crippen LogP contribution in [0.25, 0.3) is 11.0 Å². The fourth-order valence-electron chi connectivity index (χ4n) is 2.33. The average Bonchev–Trinajstić information content (AvgIpc) is 2.82. The molecule has 7 heteroatoms. The molecule has 0 unspecified atom stereocenters. The maximum atomic E-state index is 12.3. The molecule has 0 atom stereocenters. The topological polar surface area (TPSA) is 64.1 Å². The number of hydrogen-bond acceptors (Lipinski definition) is 6. The van der Waals surface area contributed by atoms with Crippen LogP contribution in [0.1, 0.15) is 27.7 Å². The van der Waals surface area contributed by atoms with Crippen LogP contribution in [0.4, 0.5) is 10.8 Å². The van der Waals surface area contributed by atoms with Gasteiger partial charge in [-0.15, -0.1) is 11.3 Å². The van der Waals surface area contributed by atoms with Crippen molar-refractivity contribution in [1.82, 2.24) is 9.97 Å². The number of ether oxygens (including phenoxy) is 1. The zero-order chi connectivity index (χ0) is 17.3. The first-order valence-corrected chi connectivity index (χ1v) is 8.67. The molecule has 0 spiro atoms. The number of fused-ring (bicyclic) bond motifs is 1. The van der Waals surface area contributed by atoms with Gasteiger partial charge in [-0.25, -0.2) is 14.8 Å². The first-order chi connectivity index (χ1) is 11.5. The maximum absolute atomic E-state index is 12.3. The van der Waals surface area contributed by atoms with E-state index in [1.165, 1.54) is 11.3 Å². The van der Waals surface area contributed by atoms with E-state index in [0.29, 0.717) is 23.0 Å². The Morgan fingerprint density at radius 1 is 1.25 bits per heavy atom. The van der Waals surface area contributed by atoms with E-state index in [-0.39, 0.29) is 11.1 Å². The lowest BCUT2D eigenvalue weighted by atomic mass is 10.1. The van der Waals surface area contributed by atoms with Crippen LogP contribution >= 0.6 is 22.9 Å².